The number of aromatic nitrogens is 4. The summed E-state index contributed by atoms with van der Waals surface area (Å²) >= 11 is 6.34. The van der Waals surface area contributed by atoms with Crippen LogP contribution < -0.4 is 9.64 Å². The van der Waals surface area contributed by atoms with Crippen LogP contribution in [0, 0.1) is 6.92 Å². The fourth-order valence-corrected chi connectivity index (χ4v) is 6.69. The number of carbonyl (C=O) groups is 1. The van der Waals surface area contributed by atoms with Crippen LogP contribution in [-0.2, 0) is 24.8 Å². The minimum atomic E-state index is -2.95. The number of anilines is 1. The number of nitrogens with one attached hydrogen (secondary N) is 1. The van der Waals surface area contributed by atoms with Crippen molar-refractivity contribution in [1.82, 2.24) is 19.8 Å². The molecule has 0 amide bonds. The van der Waals surface area contributed by atoms with Crippen LogP contribution in [0.2, 0.25) is 5.02 Å². The second kappa shape index (κ2) is 14.8. The molecule has 1 saturated heterocycles. The molecule has 1 aromatic carbocycles. The van der Waals surface area contributed by atoms with E-state index in [1.165, 1.54) is 32.1 Å². The second-order valence-electron chi connectivity index (χ2n) is 12.2. The summed E-state index contributed by atoms with van der Waals surface area (Å²) in [6.07, 6.45) is 9.10. The highest BCUT2D eigenvalue weighted by Crippen LogP contribution is 2.28. The van der Waals surface area contributed by atoms with E-state index in [0.29, 0.717) is 41.8 Å². The van der Waals surface area contributed by atoms with E-state index in [0.717, 1.165) is 30.6 Å². The summed E-state index contributed by atoms with van der Waals surface area (Å²) in [4.78, 5) is 15.5. The molecular weight excluding hydrogens is 590 g/mol. The normalized spacial score (nSPS) is 16.0. The molecule has 3 heterocycles. The van der Waals surface area contributed by atoms with E-state index < -0.39 is 27.3 Å². The molecule has 12 heteroatoms. The number of fused-ring (bicyclic) bond motifs is 1. The van der Waals surface area contributed by atoms with Crippen LogP contribution in [0.25, 0.3) is 5.65 Å². The van der Waals surface area contributed by atoms with Gasteiger partial charge in [-0.15, -0.1) is 10.2 Å². The van der Waals surface area contributed by atoms with Gasteiger partial charge in [0.1, 0.15) is 17.4 Å². The van der Waals surface area contributed by atoms with E-state index in [4.69, 9.17) is 21.1 Å². The first-order valence-electron chi connectivity index (χ1n) is 15.5. The number of aryl methyl sites for hydroxylation is 1. The van der Waals surface area contributed by atoms with Gasteiger partial charge < -0.3 is 14.4 Å². The monoisotopic (exact) mass is 635 g/mol. The number of halogens is 1. The fourth-order valence-electron chi connectivity index (χ4n) is 5.32. The second-order valence-corrected chi connectivity index (χ2v) is 14.9. The van der Waals surface area contributed by atoms with Gasteiger partial charge in [0.15, 0.2) is 27.4 Å². The predicted octanol–water partition coefficient (Wildman–Crippen LogP) is 6.05. The Morgan fingerprint density at radius 2 is 1.65 bits per heavy atom. The van der Waals surface area contributed by atoms with Gasteiger partial charge >= 0.3 is 5.97 Å². The van der Waals surface area contributed by atoms with Crippen molar-refractivity contribution >= 4 is 38.7 Å². The van der Waals surface area contributed by atoms with Crippen molar-refractivity contribution in [3.63, 3.8) is 0 Å². The van der Waals surface area contributed by atoms with Crippen LogP contribution in [0.15, 0.2) is 24.3 Å². The molecule has 1 aliphatic heterocycles. The van der Waals surface area contributed by atoms with E-state index in [9.17, 15) is 13.2 Å². The SMILES string of the molecule is CCCCCCCCCCC(Oc1ccc(N2CCS(=O)(=O)CC2)cc1)C(=O)OCC(C)(C)c1nnc2c(Cl)c(C)[nH]n12. The molecule has 2 aromatic heterocycles. The Morgan fingerprint density at radius 3 is 2.30 bits per heavy atom. The maximum absolute atomic E-state index is 13.4. The van der Waals surface area contributed by atoms with Crippen molar-refractivity contribution in [1.29, 1.82) is 0 Å². The van der Waals surface area contributed by atoms with Crippen LogP contribution >= 0.6 is 11.6 Å². The van der Waals surface area contributed by atoms with E-state index in [-0.39, 0.29) is 18.1 Å². The number of aromatic amines is 1. The molecule has 0 spiro atoms. The number of H-pyrrole nitrogens is 1. The van der Waals surface area contributed by atoms with Crippen LogP contribution in [0.1, 0.15) is 90.1 Å². The summed E-state index contributed by atoms with van der Waals surface area (Å²) < 4.78 is 37.4. The third-order valence-electron chi connectivity index (χ3n) is 8.06. The highest BCUT2D eigenvalue weighted by Gasteiger charge is 2.32. The number of unbranched alkanes of at least 4 members (excludes halogenated alkanes) is 7. The van der Waals surface area contributed by atoms with Crippen molar-refractivity contribution in [3.8, 4) is 5.75 Å². The summed E-state index contributed by atoms with van der Waals surface area (Å²) in [5.41, 5.74) is 1.63. The van der Waals surface area contributed by atoms with Crippen molar-refractivity contribution < 1.29 is 22.7 Å². The van der Waals surface area contributed by atoms with Crippen molar-refractivity contribution in [2.45, 2.75) is 97.0 Å². The van der Waals surface area contributed by atoms with Crippen LogP contribution in [-0.4, -0.2) is 71.5 Å². The Morgan fingerprint density at radius 1 is 1.02 bits per heavy atom. The Bertz CT molecular complexity index is 1440. The van der Waals surface area contributed by atoms with Gasteiger partial charge in [0.05, 0.1) is 22.6 Å². The smallest absolute Gasteiger partial charge is 0.347 e. The maximum Gasteiger partial charge on any atom is 0.347 e. The molecule has 4 rings (SSSR count). The van der Waals surface area contributed by atoms with Crippen molar-refractivity contribution in [3.05, 3.63) is 40.8 Å². The first-order valence-corrected chi connectivity index (χ1v) is 17.7. The summed E-state index contributed by atoms with van der Waals surface area (Å²) in [6.45, 7) is 9.01. The first kappa shape index (κ1) is 33.1. The summed E-state index contributed by atoms with van der Waals surface area (Å²) in [5, 5.41) is 12.2. The molecule has 0 bridgehead atoms. The van der Waals surface area contributed by atoms with Crippen LogP contribution in [0.4, 0.5) is 5.69 Å². The number of hydrogen-bond acceptors (Lipinski definition) is 8. The lowest BCUT2D eigenvalue weighted by atomic mass is 9.94. The Kier molecular flexibility index (Phi) is 11.4. The molecule has 43 heavy (non-hydrogen) atoms. The lowest BCUT2D eigenvalue weighted by Crippen LogP contribution is -2.40. The van der Waals surface area contributed by atoms with Gasteiger partial charge in [-0.2, -0.15) is 0 Å². The highest BCUT2D eigenvalue weighted by molar-refractivity contribution is 7.91. The molecule has 10 nitrogen and oxygen atoms in total. The standard InChI is InChI=1S/C31H46ClN5O5S/c1-5-6-7-8-9-10-11-12-13-26(42-25-16-14-24(15-17-25)36-18-20-43(39,40)21-19-36)29(38)41-22-31(3,4)30-34-33-28-27(32)23(2)35-37(28)30/h14-17,26,35H,5-13,18-22H2,1-4H3. The minimum absolute atomic E-state index is 0.0937. The third kappa shape index (κ3) is 8.88. The van der Waals surface area contributed by atoms with Crippen molar-refractivity contribution in [2.75, 3.05) is 36.1 Å². The number of esters is 1. The molecule has 1 atom stereocenters. The molecule has 238 valence electrons. The minimum Gasteiger partial charge on any atom is -0.479 e. The van der Waals surface area contributed by atoms with E-state index in [1.807, 2.05) is 45.0 Å². The summed E-state index contributed by atoms with van der Waals surface area (Å²) in [6, 6.07) is 7.49. The summed E-state index contributed by atoms with van der Waals surface area (Å²) in [7, 11) is -2.95. The zero-order valence-corrected chi connectivity index (χ0v) is 27.5. The predicted molar refractivity (Wildman–Crippen MR) is 170 cm³/mol. The number of nitrogens with zero attached hydrogens (tertiary/aromatic N) is 4. The zero-order chi connectivity index (χ0) is 31.0. The molecule has 1 aliphatic rings. The third-order valence-corrected chi connectivity index (χ3v) is 10.1. The van der Waals surface area contributed by atoms with E-state index in [1.54, 1.807) is 4.52 Å². The average molecular weight is 636 g/mol. The first-order chi connectivity index (χ1) is 20.5. The number of carbonyl (C=O) groups excluding carboxylic acids is 1. The molecule has 0 aliphatic carbocycles. The number of sulfone groups is 1. The molecule has 1 N–H and O–H groups in total. The van der Waals surface area contributed by atoms with E-state index >= 15 is 0 Å². The number of rotatable bonds is 16. The average Bonchev–Trinajstić information content (AvgIpc) is 3.52. The zero-order valence-electron chi connectivity index (χ0n) is 25.9. The van der Waals surface area contributed by atoms with Gasteiger partial charge in [-0.1, -0.05) is 63.5 Å². The molecule has 0 saturated carbocycles. The molecule has 3 aromatic rings. The van der Waals surface area contributed by atoms with E-state index in [2.05, 4.69) is 27.1 Å². The fraction of sp³-hybridized carbons (Fsp3) is 0.645. The Hall–Kier alpha value is -2.79. The maximum atomic E-state index is 13.4. The van der Waals surface area contributed by atoms with Gasteiger partial charge in [0, 0.05) is 18.8 Å². The molecule has 1 unspecified atom stereocenters. The number of hydrogen-bond donors (Lipinski definition) is 1. The molecule has 0 radical (unpaired) electrons. The van der Waals surface area contributed by atoms with Gasteiger partial charge in [-0.25, -0.2) is 17.7 Å². The molecular formula is C31H46ClN5O5S. The lowest BCUT2D eigenvalue weighted by molar-refractivity contribution is -0.154. The molecule has 1 fully saturated rings. The van der Waals surface area contributed by atoms with Gasteiger partial charge in [-0.05, 0) is 57.9 Å². The Labute approximate surface area is 260 Å². The van der Waals surface area contributed by atoms with Crippen LogP contribution in [0.5, 0.6) is 5.75 Å². The Balaban J connectivity index is 1.38. The summed E-state index contributed by atoms with van der Waals surface area (Å²) in [5.74, 6) is 1.09. The quantitative estimate of drug-likeness (QED) is 0.149. The van der Waals surface area contributed by atoms with Gasteiger partial charge in [0.25, 0.3) is 0 Å². The van der Waals surface area contributed by atoms with Gasteiger partial charge in [0.2, 0.25) is 0 Å². The number of benzene rings is 1. The van der Waals surface area contributed by atoms with Crippen LogP contribution in [0.3, 0.4) is 0 Å². The van der Waals surface area contributed by atoms with Crippen molar-refractivity contribution in [2.24, 2.45) is 0 Å². The largest absolute Gasteiger partial charge is 0.479 e. The number of ether oxygens (including phenoxy) is 2. The topological polar surface area (TPSA) is 119 Å². The lowest BCUT2D eigenvalue weighted by Gasteiger charge is -2.29. The highest BCUT2D eigenvalue weighted by atomic mass is 35.5. The van der Waals surface area contributed by atoms with Gasteiger partial charge in [-0.3, -0.25) is 5.10 Å².